The van der Waals surface area contributed by atoms with Crippen molar-refractivity contribution in [2.75, 3.05) is 0 Å². The summed E-state index contributed by atoms with van der Waals surface area (Å²) in [5.74, 6) is 0.138. The number of nitrogens with one attached hydrogen (secondary N) is 1. The van der Waals surface area contributed by atoms with Gasteiger partial charge in [0.15, 0.2) is 5.84 Å². The van der Waals surface area contributed by atoms with E-state index in [2.05, 4.69) is 10.5 Å². The standard InChI is InChI=1S/C13H25N3O2/c1-2-8-11(17)15-13(12(14)16-18)9-6-4-3-5-7-10-13/h18H,2-10H2,1H3,(H2,14,16)(H,15,17). The first kappa shape index (κ1) is 14.8. The van der Waals surface area contributed by atoms with E-state index in [4.69, 9.17) is 10.9 Å². The third-order valence-corrected chi connectivity index (χ3v) is 3.66. The van der Waals surface area contributed by atoms with Crippen molar-refractivity contribution < 1.29 is 10.0 Å². The van der Waals surface area contributed by atoms with Crippen LogP contribution < -0.4 is 11.1 Å². The summed E-state index contributed by atoms with van der Waals surface area (Å²) in [5.41, 5.74) is 5.20. The van der Waals surface area contributed by atoms with Crippen molar-refractivity contribution in [3.8, 4) is 0 Å². The highest BCUT2D eigenvalue weighted by molar-refractivity contribution is 5.93. The Balaban J connectivity index is 2.81. The number of oxime groups is 1. The molecule has 4 N–H and O–H groups in total. The van der Waals surface area contributed by atoms with Crippen LogP contribution >= 0.6 is 0 Å². The van der Waals surface area contributed by atoms with E-state index in [0.29, 0.717) is 6.42 Å². The molecule has 0 aromatic rings. The van der Waals surface area contributed by atoms with Crippen LogP contribution in [0.1, 0.15) is 64.7 Å². The number of carbonyl (C=O) groups is 1. The summed E-state index contributed by atoms with van der Waals surface area (Å²) < 4.78 is 0. The zero-order chi connectivity index (χ0) is 13.4. The lowest BCUT2D eigenvalue weighted by molar-refractivity contribution is -0.122. The van der Waals surface area contributed by atoms with Crippen molar-refractivity contribution in [2.24, 2.45) is 10.9 Å². The molecule has 0 unspecified atom stereocenters. The Morgan fingerprint density at radius 3 is 2.33 bits per heavy atom. The first-order valence-electron chi connectivity index (χ1n) is 6.93. The van der Waals surface area contributed by atoms with Crippen LogP contribution in [0.15, 0.2) is 5.16 Å². The largest absolute Gasteiger partial charge is 0.409 e. The molecule has 1 aliphatic rings. The Morgan fingerprint density at radius 1 is 1.28 bits per heavy atom. The van der Waals surface area contributed by atoms with E-state index in [9.17, 15) is 4.79 Å². The highest BCUT2D eigenvalue weighted by Crippen LogP contribution is 2.27. The lowest BCUT2D eigenvalue weighted by Crippen LogP contribution is -2.57. The molecule has 1 aliphatic carbocycles. The normalized spacial score (nSPS) is 20.8. The van der Waals surface area contributed by atoms with Gasteiger partial charge in [0.05, 0.1) is 0 Å². The van der Waals surface area contributed by atoms with Crippen LogP contribution in [0.4, 0.5) is 0 Å². The van der Waals surface area contributed by atoms with E-state index in [1.54, 1.807) is 0 Å². The third-order valence-electron chi connectivity index (χ3n) is 3.66. The van der Waals surface area contributed by atoms with Gasteiger partial charge in [0, 0.05) is 6.42 Å². The van der Waals surface area contributed by atoms with Gasteiger partial charge in [-0.2, -0.15) is 0 Å². The summed E-state index contributed by atoms with van der Waals surface area (Å²) in [4.78, 5) is 11.8. The Labute approximate surface area is 109 Å². The summed E-state index contributed by atoms with van der Waals surface area (Å²) >= 11 is 0. The molecule has 104 valence electrons. The van der Waals surface area contributed by atoms with Crippen LogP contribution in [0.25, 0.3) is 0 Å². The van der Waals surface area contributed by atoms with Gasteiger partial charge in [-0.15, -0.1) is 0 Å². The fraction of sp³-hybridized carbons (Fsp3) is 0.846. The minimum Gasteiger partial charge on any atom is -0.409 e. The van der Waals surface area contributed by atoms with Crippen LogP contribution in [0.5, 0.6) is 0 Å². The number of hydrogen-bond donors (Lipinski definition) is 3. The molecular weight excluding hydrogens is 230 g/mol. The average molecular weight is 255 g/mol. The number of hydrogen-bond acceptors (Lipinski definition) is 3. The van der Waals surface area contributed by atoms with Gasteiger partial charge in [-0.25, -0.2) is 0 Å². The van der Waals surface area contributed by atoms with E-state index in [1.807, 2.05) is 6.92 Å². The minimum absolute atomic E-state index is 0.00956. The molecule has 18 heavy (non-hydrogen) atoms. The highest BCUT2D eigenvalue weighted by Gasteiger charge is 2.36. The van der Waals surface area contributed by atoms with Gasteiger partial charge < -0.3 is 16.3 Å². The summed E-state index contributed by atoms with van der Waals surface area (Å²) in [6.45, 7) is 1.97. The van der Waals surface area contributed by atoms with E-state index >= 15 is 0 Å². The second kappa shape index (κ2) is 7.24. The first-order valence-corrected chi connectivity index (χ1v) is 6.93. The molecule has 0 radical (unpaired) electrons. The zero-order valence-electron chi connectivity index (χ0n) is 11.2. The van der Waals surface area contributed by atoms with Crippen molar-refractivity contribution in [1.29, 1.82) is 0 Å². The maximum atomic E-state index is 11.8. The first-order chi connectivity index (χ1) is 8.64. The Bertz CT molecular complexity index is 295. The summed E-state index contributed by atoms with van der Waals surface area (Å²) in [6, 6.07) is 0. The lowest BCUT2D eigenvalue weighted by atomic mass is 9.82. The number of amidine groups is 1. The van der Waals surface area contributed by atoms with Gasteiger partial charge in [0.2, 0.25) is 5.91 Å². The van der Waals surface area contributed by atoms with E-state index < -0.39 is 5.54 Å². The van der Waals surface area contributed by atoms with Gasteiger partial charge in [0.25, 0.3) is 0 Å². The second-order valence-corrected chi connectivity index (χ2v) is 5.13. The maximum absolute atomic E-state index is 11.8. The summed E-state index contributed by atoms with van der Waals surface area (Å²) in [6.07, 6.45) is 8.34. The lowest BCUT2D eigenvalue weighted by Gasteiger charge is -2.35. The molecule has 1 amide bonds. The Hall–Kier alpha value is -1.26. The molecule has 0 aromatic carbocycles. The van der Waals surface area contributed by atoms with Gasteiger partial charge in [0.1, 0.15) is 5.54 Å². The molecule has 0 saturated heterocycles. The zero-order valence-corrected chi connectivity index (χ0v) is 11.2. The number of rotatable bonds is 4. The predicted octanol–water partition coefficient (Wildman–Crippen LogP) is 2.13. The van der Waals surface area contributed by atoms with Crippen molar-refractivity contribution in [3.05, 3.63) is 0 Å². The monoisotopic (exact) mass is 255 g/mol. The molecule has 1 saturated carbocycles. The Kier molecular flexibility index (Phi) is 5.95. The minimum atomic E-state index is -0.637. The van der Waals surface area contributed by atoms with Crippen molar-refractivity contribution in [2.45, 2.75) is 70.3 Å². The van der Waals surface area contributed by atoms with Crippen molar-refractivity contribution in [1.82, 2.24) is 5.32 Å². The second-order valence-electron chi connectivity index (χ2n) is 5.13. The van der Waals surface area contributed by atoms with Crippen LogP contribution in [0.3, 0.4) is 0 Å². The van der Waals surface area contributed by atoms with Crippen LogP contribution in [0, 0.1) is 0 Å². The number of nitrogens with two attached hydrogens (primary N) is 1. The SMILES string of the molecule is CCCC(=O)NC1(C(N)=NO)CCCCCCC1. The summed E-state index contributed by atoms with van der Waals surface area (Å²) in [5, 5.41) is 15.1. The number of amides is 1. The molecule has 0 atom stereocenters. The van der Waals surface area contributed by atoms with E-state index in [0.717, 1.165) is 44.9 Å². The molecule has 5 heteroatoms. The maximum Gasteiger partial charge on any atom is 0.220 e. The third kappa shape index (κ3) is 3.89. The number of carbonyl (C=O) groups excluding carboxylic acids is 1. The fourth-order valence-corrected chi connectivity index (χ4v) is 2.61. The van der Waals surface area contributed by atoms with Gasteiger partial charge >= 0.3 is 0 Å². The molecule has 0 spiro atoms. The summed E-state index contributed by atoms with van der Waals surface area (Å²) in [7, 11) is 0. The van der Waals surface area contributed by atoms with Crippen LogP contribution in [-0.2, 0) is 4.79 Å². The molecule has 0 heterocycles. The molecule has 0 bridgehead atoms. The Morgan fingerprint density at radius 2 is 1.83 bits per heavy atom. The molecule has 5 nitrogen and oxygen atoms in total. The molecule has 1 fully saturated rings. The average Bonchev–Trinajstić information content (AvgIpc) is 2.32. The van der Waals surface area contributed by atoms with Crippen molar-refractivity contribution in [3.63, 3.8) is 0 Å². The molecule has 0 aromatic heterocycles. The number of nitrogens with zero attached hydrogens (tertiary/aromatic N) is 1. The molecular formula is C13H25N3O2. The van der Waals surface area contributed by atoms with E-state index in [-0.39, 0.29) is 11.7 Å². The quantitative estimate of drug-likeness (QED) is 0.311. The smallest absolute Gasteiger partial charge is 0.220 e. The van der Waals surface area contributed by atoms with Gasteiger partial charge in [-0.1, -0.05) is 44.2 Å². The highest BCUT2D eigenvalue weighted by atomic mass is 16.4. The van der Waals surface area contributed by atoms with E-state index in [1.165, 1.54) is 6.42 Å². The van der Waals surface area contributed by atoms with Crippen LogP contribution in [0.2, 0.25) is 0 Å². The fourth-order valence-electron chi connectivity index (χ4n) is 2.61. The van der Waals surface area contributed by atoms with Gasteiger partial charge in [-0.3, -0.25) is 4.79 Å². The van der Waals surface area contributed by atoms with Crippen molar-refractivity contribution >= 4 is 11.7 Å². The predicted molar refractivity (Wildman–Crippen MR) is 71.5 cm³/mol. The molecule has 0 aliphatic heterocycles. The molecule has 1 rings (SSSR count). The topological polar surface area (TPSA) is 87.7 Å². The van der Waals surface area contributed by atoms with Crippen LogP contribution in [-0.4, -0.2) is 22.5 Å². The van der Waals surface area contributed by atoms with Gasteiger partial charge in [-0.05, 0) is 19.3 Å².